The van der Waals surface area contributed by atoms with E-state index in [4.69, 9.17) is 9.84 Å². The minimum absolute atomic E-state index is 0.0599. The molecule has 0 saturated carbocycles. The molecule has 16 heavy (non-hydrogen) atoms. The molecule has 1 aromatic carbocycles. The molecule has 0 heterocycles. The number of benzene rings is 1. The maximum absolute atomic E-state index is 9.16. The van der Waals surface area contributed by atoms with Gasteiger partial charge in [0.1, 0.15) is 11.9 Å². The Bertz CT molecular complexity index is 322. The van der Waals surface area contributed by atoms with Gasteiger partial charge in [-0.1, -0.05) is 45.9 Å². The average Bonchev–Trinajstić information content (AvgIpc) is 2.25. The fraction of sp³-hybridized carbons (Fsp3) is 0.571. The second kappa shape index (κ2) is 5.35. The largest absolute Gasteiger partial charge is 0.488 e. The molecule has 0 bridgehead atoms. The standard InChI is InChI=1S/C14H22O2/c1-5-11(10-15)16-13-9-7-6-8-12(13)14(2,3)4/h6-9,11,15H,5,10H2,1-4H3. The third kappa shape index (κ3) is 3.24. The van der Waals surface area contributed by atoms with Crippen molar-refractivity contribution in [3.63, 3.8) is 0 Å². The van der Waals surface area contributed by atoms with Crippen molar-refractivity contribution in [2.45, 2.75) is 45.6 Å². The molecule has 1 N–H and O–H groups in total. The van der Waals surface area contributed by atoms with Crippen LogP contribution in [0.15, 0.2) is 24.3 Å². The lowest BCUT2D eigenvalue weighted by Gasteiger charge is -2.25. The monoisotopic (exact) mass is 222 g/mol. The molecular formula is C14H22O2. The third-order valence-corrected chi connectivity index (χ3v) is 2.65. The molecule has 1 atom stereocenters. The third-order valence-electron chi connectivity index (χ3n) is 2.65. The lowest BCUT2D eigenvalue weighted by molar-refractivity contribution is 0.110. The van der Waals surface area contributed by atoms with Gasteiger partial charge in [0.2, 0.25) is 0 Å². The summed E-state index contributed by atoms with van der Waals surface area (Å²) in [6, 6.07) is 8.04. The van der Waals surface area contributed by atoms with Gasteiger partial charge in [-0.3, -0.25) is 0 Å². The van der Waals surface area contributed by atoms with Crippen LogP contribution < -0.4 is 4.74 Å². The zero-order valence-corrected chi connectivity index (χ0v) is 10.7. The highest BCUT2D eigenvalue weighted by atomic mass is 16.5. The number of aliphatic hydroxyl groups excluding tert-OH is 1. The van der Waals surface area contributed by atoms with Crippen molar-refractivity contribution in [2.24, 2.45) is 0 Å². The van der Waals surface area contributed by atoms with Gasteiger partial charge < -0.3 is 9.84 Å². The van der Waals surface area contributed by atoms with E-state index in [1.54, 1.807) is 0 Å². The summed E-state index contributed by atoms with van der Waals surface area (Å²) in [5, 5.41) is 9.16. The minimum Gasteiger partial charge on any atom is -0.488 e. The molecule has 2 heteroatoms. The van der Waals surface area contributed by atoms with Gasteiger partial charge >= 0.3 is 0 Å². The number of hydrogen-bond acceptors (Lipinski definition) is 2. The summed E-state index contributed by atoms with van der Waals surface area (Å²) in [6.07, 6.45) is 0.707. The number of rotatable bonds is 4. The number of aliphatic hydroxyl groups is 1. The lowest BCUT2D eigenvalue weighted by atomic mass is 9.86. The normalized spacial score (nSPS) is 13.6. The Morgan fingerprint density at radius 3 is 2.38 bits per heavy atom. The van der Waals surface area contributed by atoms with Crippen LogP contribution in [0.5, 0.6) is 5.75 Å². The first kappa shape index (κ1) is 13.0. The average molecular weight is 222 g/mol. The van der Waals surface area contributed by atoms with Gasteiger partial charge in [-0.15, -0.1) is 0 Å². The predicted molar refractivity (Wildman–Crippen MR) is 66.9 cm³/mol. The Morgan fingerprint density at radius 1 is 1.25 bits per heavy atom. The number of hydrogen-bond donors (Lipinski definition) is 1. The van der Waals surface area contributed by atoms with Crippen molar-refractivity contribution in [2.75, 3.05) is 6.61 Å². The quantitative estimate of drug-likeness (QED) is 0.848. The van der Waals surface area contributed by atoms with E-state index < -0.39 is 0 Å². The Labute approximate surface area is 98.3 Å². The highest BCUT2D eigenvalue weighted by molar-refractivity contribution is 5.38. The van der Waals surface area contributed by atoms with Gasteiger partial charge in [-0.05, 0) is 23.5 Å². The number of ether oxygens (including phenoxy) is 1. The lowest BCUT2D eigenvalue weighted by Crippen LogP contribution is -2.22. The Hall–Kier alpha value is -1.02. The molecule has 1 aromatic rings. The molecule has 0 aliphatic rings. The fourth-order valence-corrected chi connectivity index (χ4v) is 1.62. The SMILES string of the molecule is CCC(CO)Oc1ccccc1C(C)(C)C. The van der Waals surface area contributed by atoms with Crippen LogP contribution in [0, 0.1) is 0 Å². The first-order valence-electron chi connectivity index (χ1n) is 5.86. The van der Waals surface area contributed by atoms with Crippen LogP contribution in [-0.4, -0.2) is 17.8 Å². The molecule has 0 fully saturated rings. The Balaban J connectivity index is 2.95. The molecule has 0 spiro atoms. The molecule has 1 rings (SSSR count). The molecular weight excluding hydrogens is 200 g/mol. The van der Waals surface area contributed by atoms with Crippen LogP contribution in [0.4, 0.5) is 0 Å². The van der Waals surface area contributed by atoms with E-state index in [0.717, 1.165) is 12.2 Å². The Morgan fingerprint density at radius 2 is 1.88 bits per heavy atom. The van der Waals surface area contributed by atoms with Gasteiger partial charge in [0.05, 0.1) is 6.61 Å². The van der Waals surface area contributed by atoms with Gasteiger partial charge in [-0.25, -0.2) is 0 Å². The summed E-state index contributed by atoms with van der Waals surface area (Å²) in [4.78, 5) is 0. The zero-order valence-electron chi connectivity index (χ0n) is 10.7. The fourth-order valence-electron chi connectivity index (χ4n) is 1.62. The molecule has 90 valence electrons. The second-order valence-corrected chi connectivity index (χ2v) is 5.08. The van der Waals surface area contributed by atoms with Crippen LogP contribution in [-0.2, 0) is 5.41 Å². The van der Waals surface area contributed by atoms with Crippen molar-refractivity contribution in [3.05, 3.63) is 29.8 Å². The molecule has 0 saturated heterocycles. The van der Waals surface area contributed by atoms with Crippen molar-refractivity contribution in [1.82, 2.24) is 0 Å². The number of para-hydroxylation sites is 1. The second-order valence-electron chi connectivity index (χ2n) is 5.08. The highest BCUT2D eigenvalue weighted by Gasteiger charge is 2.19. The maximum atomic E-state index is 9.16. The maximum Gasteiger partial charge on any atom is 0.123 e. The van der Waals surface area contributed by atoms with Gasteiger partial charge in [0.15, 0.2) is 0 Å². The minimum atomic E-state index is -0.108. The van der Waals surface area contributed by atoms with Crippen LogP contribution in [0.1, 0.15) is 39.7 Å². The summed E-state index contributed by atoms with van der Waals surface area (Å²) in [5.74, 6) is 0.885. The molecule has 2 nitrogen and oxygen atoms in total. The van der Waals surface area contributed by atoms with Crippen molar-refractivity contribution in [1.29, 1.82) is 0 Å². The summed E-state index contributed by atoms with van der Waals surface area (Å²) >= 11 is 0. The summed E-state index contributed by atoms with van der Waals surface area (Å²) in [6.45, 7) is 8.56. The summed E-state index contributed by atoms with van der Waals surface area (Å²) < 4.78 is 5.82. The summed E-state index contributed by atoms with van der Waals surface area (Å²) in [7, 11) is 0. The van der Waals surface area contributed by atoms with Crippen LogP contribution in [0.2, 0.25) is 0 Å². The molecule has 0 aromatic heterocycles. The van der Waals surface area contributed by atoms with Gasteiger partial charge in [-0.2, -0.15) is 0 Å². The van der Waals surface area contributed by atoms with Gasteiger partial charge in [0.25, 0.3) is 0 Å². The van der Waals surface area contributed by atoms with E-state index in [1.165, 1.54) is 5.56 Å². The van der Waals surface area contributed by atoms with Gasteiger partial charge in [0, 0.05) is 0 Å². The topological polar surface area (TPSA) is 29.5 Å². The predicted octanol–water partition coefficient (Wildman–Crippen LogP) is 3.13. The molecule has 0 aliphatic carbocycles. The van der Waals surface area contributed by atoms with E-state index in [1.807, 2.05) is 25.1 Å². The van der Waals surface area contributed by atoms with Crippen LogP contribution in [0.25, 0.3) is 0 Å². The highest BCUT2D eigenvalue weighted by Crippen LogP contribution is 2.31. The first-order chi connectivity index (χ1) is 7.49. The summed E-state index contributed by atoms with van der Waals surface area (Å²) in [5.41, 5.74) is 1.24. The van der Waals surface area contributed by atoms with E-state index in [-0.39, 0.29) is 18.1 Å². The molecule has 0 amide bonds. The van der Waals surface area contributed by atoms with Crippen molar-refractivity contribution >= 4 is 0 Å². The van der Waals surface area contributed by atoms with E-state index >= 15 is 0 Å². The van der Waals surface area contributed by atoms with Crippen molar-refractivity contribution in [3.8, 4) is 5.75 Å². The smallest absolute Gasteiger partial charge is 0.123 e. The zero-order chi connectivity index (χ0) is 12.2. The Kier molecular flexibility index (Phi) is 4.36. The van der Waals surface area contributed by atoms with E-state index in [0.29, 0.717) is 0 Å². The molecule has 0 aliphatic heterocycles. The van der Waals surface area contributed by atoms with Crippen molar-refractivity contribution < 1.29 is 9.84 Å². The van der Waals surface area contributed by atoms with E-state index in [9.17, 15) is 0 Å². The van der Waals surface area contributed by atoms with Crippen LogP contribution in [0.3, 0.4) is 0 Å². The van der Waals surface area contributed by atoms with E-state index in [2.05, 4.69) is 26.8 Å². The molecule has 0 radical (unpaired) electrons. The van der Waals surface area contributed by atoms with Crippen LogP contribution >= 0.6 is 0 Å². The molecule has 1 unspecified atom stereocenters. The first-order valence-corrected chi connectivity index (χ1v) is 5.86.